The van der Waals surface area contributed by atoms with Crippen LogP contribution in [0.2, 0.25) is 0 Å². The second kappa shape index (κ2) is 5.13. The third kappa shape index (κ3) is 2.48. The molecule has 0 aromatic carbocycles. The van der Waals surface area contributed by atoms with E-state index in [0.29, 0.717) is 0 Å². The number of nitrogens with one attached hydrogen (secondary N) is 1. The molecule has 0 aliphatic heterocycles. The molecule has 8 nitrogen and oxygen atoms in total. The van der Waals surface area contributed by atoms with Gasteiger partial charge >= 0.3 is 5.69 Å². The fourth-order valence-corrected chi connectivity index (χ4v) is 1.36. The highest BCUT2D eigenvalue weighted by molar-refractivity contribution is 5.70. The highest BCUT2D eigenvalue weighted by Gasteiger charge is 2.32. The first-order valence-electron chi connectivity index (χ1n) is 5.37. The van der Waals surface area contributed by atoms with E-state index < -0.39 is 10.5 Å². The molecule has 0 fully saturated rings. The van der Waals surface area contributed by atoms with Crippen LogP contribution in [0, 0.1) is 10.1 Å². The lowest BCUT2D eigenvalue weighted by Crippen LogP contribution is -2.45. The number of aromatic nitrogens is 2. The minimum absolute atomic E-state index is 0.144. The molecule has 0 radical (unpaired) electrons. The zero-order chi connectivity index (χ0) is 13.9. The maximum absolute atomic E-state index is 11.1. The van der Waals surface area contributed by atoms with Gasteiger partial charge in [-0.1, -0.05) is 0 Å². The number of aliphatic hydroxyl groups excluding tert-OH is 1. The maximum Gasteiger partial charge on any atom is 0.353 e. The maximum atomic E-state index is 11.1. The van der Waals surface area contributed by atoms with Crippen LogP contribution in [0.1, 0.15) is 13.8 Å². The van der Waals surface area contributed by atoms with E-state index in [1.807, 2.05) is 0 Å². The average Bonchev–Trinajstić information content (AvgIpc) is 2.36. The molecule has 100 valence electrons. The van der Waals surface area contributed by atoms with Gasteiger partial charge in [-0.05, 0) is 13.8 Å². The van der Waals surface area contributed by atoms with Crippen LogP contribution < -0.4 is 10.2 Å². The van der Waals surface area contributed by atoms with Crippen molar-refractivity contribution in [2.24, 2.45) is 0 Å². The molecule has 1 aromatic rings. The van der Waals surface area contributed by atoms with Gasteiger partial charge in [-0.3, -0.25) is 10.1 Å². The van der Waals surface area contributed by atoms with Crippen molar-refractivity contribution >= 4 is 17.3 Å². The monoisotopic (exact) mass is 255 g/mol. The van der Waals surface area contributed by atoms with E-state index in [-0.39, 0.29) is 23.9 Å². The van der Waals surface area contributed by atoms with Crippen molar-refractivity contribution in [3.63, 3.8) is 0 Å². The molecule has 0 spiro atoms. The molecule has 0 saturated carbocycles. The summed E-state index contributed by atoms with van der Waals surface area (Å²) in [6, 6.07) is 0. The summed E-state index contributed by atoms with van der Waals surface area (Å²) < 4.78 is 0. The van der Waals surface area contributed by atoms with Crippen LogP contribution in [0.25, 0.3) is 0 Å². The second-order valence-corrected chi connectivity index (χ2v) is 4.43. The van der Waals surface area contributed by atoms with Gasteiger partial charge in [0.25, 0.3) is 0 Å². The van der Waals surface area contributed by atoms with Gasteiger partial charge in [0, 0.05) is 14.1 Å². The van der Waals surface area contributed by atoms with Gasteiger partial charge in [0.05, 0.1) is 17.1 Å². The SMILES string of the molecule is CNc1ncnc(N(C)C(C)(C)CO)c1[N+](=O)[O-]. The van der Waals surface area contributed by atoms with E-state index >= 15 is 0 Å². The number of aliphatic hydroxyl groups is 1. The molecule has 2 N–H and O–H groups in total. The summed E-state index contributed by atoms with van der Waals surface area (Å²) in [4.78, 5) is 19.9. The van der Waals surface area contributed by atoms with E-state index in [1.54, 1.807) is 32.8 Å². The number of likely N-dealkylation sites (N-methyl/N-ethyl adjacent to an activating group) is 1. The topological polar surface area (TPSA) is 104 Å². The van der Waals surface area contributed by atoms with Crippen molar-refractivity contribution in [3.05, 3.63) is 16.4 Å². The van der Waals surface area contributed by atoms with Crippen molar-refractivity contribution in [3.8, 4) is 0 Å². The van der Waals surface area contributed by atoms with E-state index in [1.165, 1.54) is 6.33 Å². The molecule has 1 heterocycles. The van der Waals surface area contributed by atoms with Crippen molar-refractivity contribution in [2.45, 2.75) is 19.4 Å². The molecule has 1 rings (SSSR count). The van der Waals surface area contributed by atoms with Gasteiger partial charge in [0.1, 0.15) is 6.33 Å². The summed E-state index contributed by atoms with van der Waals surface area (Å²) in [5.74, 6) is 0.309. The third-order valence-electron chi connectivity index (χ3n) is 2.83. The first-order valence-corrected chi connectivity index (χ1v) is 5.37. The van der Waals surface area contributed by atoms with Gasteiger partial charge < -0.3 is 15.3 Å². The fourth-order valence-electron chi connectivity index (χ4n) is 1.36. The van der Waals surface area contributed by atoms with Crippen molar-refractivity contribution in [1.82, 2.24) is 9.97 Å². The molecule has 1 aromatic heterocycles. The van der Waals surface area contributed by atoms with Crippen molar-refractivity contribution in [1.29, 1.82) is 0 Å². The van der Waals surface area contributed by atoms with Crippen LogP contribution >= 0.6 is 0 Å². The zero-order valence-corrected chi connectivity index (χ0v) is 10.8. The summed E-state index contributed by atoms with van der Waals surface area (Å²) in [5, 5.41) is 23.1. The predicted octanol–water partition coefficient (Wildman–Crippen LogP) is 0.634. The lowest BCUT2D eigenvalue weighted by molar-refractivity contribution is -0.383. The van der Waals surface area contributed by atoms with E-state index in [2.05, 4.69) is 15.3 Å². The number of nitro groups is 1. The molecular formula is C10H17N5O3. The van der Waals surface area contributed by atoms with Crippen LogP contribution in [-0.2, 0) is 0 Å². The molecule has 0 unspecified atom stereocenters. The Morgan fingerprint density at radius 1 is 1.56 bits per heavy atom. The number of hydrogen-bond acceptors (Lipinski definition) is 7. The van der Waals surface area contributed by atoms with Gasteiger partial charge in [0.15, 0.2) is 0 Å². The quantitative estimate of drug-likeness (QED) is 0.587. The lowest BCUT2D eigenvalue weighted by Gasteiger charge is -2.34. The van der Waals surface area contributed by atoms with Crippen molar-refractivity contribution < 1.29 is 10.0 Å². The summed E-state index contributed by atoms with van der Waals surface area (Å²) in [6.07, 6.45) is 1.25. The fraction of sp³-hybridized carbons (Fsp3) is 0.600. The van der Waals surface area contributed by atoms with Gasteiger partial charge in [-0.25, -0.2) is 9.97 Å². The normalized spacial score (nSPS) is 11.2. The summed E-state index contributed by atoms with van der Waals surface area (Å²) in [5.41, 5.74) is -0.867. The Balaban J connectivity index is 3.36. The minimum atomic E-state index is -0.663. The highest BCUT2D eigenvalue weighted by atomic mass is 16.6. The van der Waals surface area contributed by atoms with Crippen LogP contribution in [0.3, 0.4) is 0 Å². The molecule has 0 aliphatic carbocycles. The Morgan fingerprint density at radius 2 is 2.17 bits per heavy atom. The minimum Gasteiger partial charge on any atom is -0.394 e. The van der Waals surface area contributed by atoms with Gasteiger partial charge in [0.2, 0.25) is 11.6 Å². The van der Waals surface area contributed by atoms with Gasteiger partial charge in [-0.15, -0.1) is 0 Å². The van der Waals surface area contributed by atoms with E-state index in [4.69, 9.17) is 0 Å². The Kier molecular flexibility index (Phi) is 4.02. The lowest BCUT2D eigenvalue weighted by atomic mass is 10.1. The molecular weight excluding hydrogens is 238 g/mol. The second-order valence-electron chi connectivity index (χ2n) is 4.43. The van der Waals surface area contributed by atoms with Gasteiger partial charge in [-0.2, -0.15) is 0 Å². The molecule has 18 heavy (non-hydrogen) atoms. The molecule has 8 heteroatoms. The zero-order valence-electron chi connectivity index (χ0n) is 10.8. The first kappa shape index (κ1) is 14.1. The average molecular weight is 255 g/mol. The molecule has 0 saturated heterocycles. The molecule has 0 bridgehead atoms. The summed E-state index contributed by atoms with van der Waals surface area (Å²) >= 11 is 0. The highest BCUT2D eigenvalue weighted by Crippen LogP contribution is 2.33. The molecule has 0 atom stereocenters. The number of rotatable bonds is 5. The Morgan fingerprint density at radius 3 is 2.61 bits per heavy atom. The summed E-state index contributed by atoms with van der Waals surface area (Å²) in [6.45, 7) is 3.37. The number of nitrogens with zero attached hydrogens (tertiary/aromatic N) is 4. The van der Waals surface area contributed by atoms with E-state index in [0.717, 1.165) is 0 Å². The largest absolute Gasteiger partial charge is 0.394 e. The van der Waals surface area contributed by atoms with Crippen LogP contribution in [0.4, 0.5) is 17.3 Å². The smallest absolute Gasteiger partial charge is 0.353 e. The molecule has 0 amide bonds. The van der Waals surface area contributed by atoms with Crippen LogP contribution in [0.15, 0.2) is 6.33 Å². The van der Waals surface area contributed by atoms with Crippen LogP contribution in [-0.4, -0.2) is 46.2 Å². The van der Waals surface area contributed by atoms with Crippen molar-refractivity contribution in [2.75, 3.05) is 30.9 Å². The first-order chi connectivity index (χ1) is 8.35. The molecule has 0 aliphatic rings. The Hall–Kier alpha value is -1.96. The number of hydrogen-bond donors (Lipinski definition) is 2. The Labute approximate surface area is 105 Å². The Bertz CT molecular complexity index is 449. The van der Waals surface area contributed by atoms with E-state index in [9.17, 15) is 15.2 Å². The predicted molar refractivity (Wildman–Crippen MR) is 67.8 cm³/mol. The summed E-state index contributed by atoms with van der Waals surface area (Å²) in [7, 11) is 3.20. The van der Waals surface area contributed by atoms with Crippen LogP contribution in [0.5, 0.6) is 0 Å². The standard InChI is InChI=1S/C10H17N5O3/c1-10(2,5-16)14(4)9-7(15(17)18)8(11-3)12-6-13-9/h6,16H,5H2,1-4H3,(H,11,12,13). The number of anilines is 2. The third-order valence-corrected chi connectivity index (χ3v) is 2.83.